The van der Waals surface area contributed by atoms with Crippen molar-refractivity contribution >= 4 is 23.2 Å². The summed E-state index contributed by atoms with van der Waals surface area (Å²) in [4.78, 5) is 0. The second kappa shape index (κ2) is 4.32. The summed E-state index contributed by atoms with van der Waals surface area (Å²) >= 11 is 11.9. The highest BCUT2D eigenvalue weighted by atomic mass is 35.5. The first-order valence-corrected chi connectivity index (χ1v) is 6.02. The SMILES string of the molecule is OC1(Cc2ccc(Cl)cc2)CCCC1Cl. The van der Waals surface area contributed by atoms with Crippen LogP contribution < -0.4 is 0 Å². The fourth-order valence-electron chi connectivity index (χ4n) is 2.17. The van der Waals surface area contributed by atoms with Crippen LogP contribution in [0.2, 0.25) is 5.02 Å². The second-order valence-corrected chi connectivity index (χ2v) is 5.23. The average Bonchev–Trinajstić information content (AvgIpc) is 2.51. The first-order chi connectivity index (χ1) is 7.10. The molecule has 1 saturated carbocycles. The largest absolute Gasteiger partial charge is 0.388 e. The minimum Gasteiger partial charge on any atom is -0.388 e. The van der Waals surface area contributed by atoms with E-state index in [0.29, 0.717) is 6.42 Å². The van der Waals surface area contributed by atoms with Crippen LogP contribution in [0.4, 0.5) is 0 Å². The average molecular weight is 245 g/mol. The summed E-state index contributed by atoms with van der Waals surface area (Å²) in [6, 6.07) is 7.58. The van der Waals surface area contributed by atoms with Gasteiger partial charge in [-0.1, -0.05) is 23.7 Å². The van der Waals surface area contributed by atoms with Crippen LogP contribution in [-0.2, 0) is 6.42 Å². The van der Waals surface area contributed by atoms with Crippen molar-refractivity contribution in [2.24, 2.45) is 0 Å². The number of aliphatic hydroxyl groups is 1. The first-order valence-electron chi connectivity index (χ1n) is 5.21. The number of halogens is 2. The van der Waals surface area contributed by atoms with Crippen LogP contribution in [0.1, 0.15) is 24.8 Å². The summed E-state index contributed by atoms with van der Waals surface area (Å²) in [6.45, 7) is 0. The molecule has 2 unspecified atom stereocenters. The number of rotatable bonds is 2. The molecule has 1 N–H and O–H groups in total. The molecular weight excluding hydrogens is 231 g/mol. The lowest BCUT2D eigenvalue weighted by atomic mass is 9.93. The molecule has 0 saturated heterocycles. The van der Waals surface area contributed by atoms with Crippen molar-refractivity contribution < 1.29 is 5.11 Å². The van der Waals surface area contributed by atoms with E-state index in [1.165, 1.54) is 0 Å². The number of hydrogen-bond acceptors (Lipinski definition) is 1. The molecule has 0 heterocycles. The van der Waals surface area contributed by atoms with Crippen molar-refractivity contribution in [2.45, 2.75) is 36.7 Å². The van der Waals surface area contributed by atoms with Crippen LogP contribution in [0.25, 0.3) is 0 Å². The second-order valence-electron chi connectivity index (χ2n) is 4.27. The molecule has 1 nitrogen and oxygen atoms in total. The van der Waals surface area contributed by atoms with E-state index in [2.05, 4.69) is 0 Å². The standard InChI is InChI=1S/C12H14Cl2O/c13-10-5-3-9(4-6-10)8-12(15)7-1-2-11(12)14/h3-6,11,15H,1-2,7-8H2. The zero-order valence-corrected chi connectivity index (χ0v) is 9.93. The van der Waals surface area contributed by atoms with Crippen LogP contribution in [0.3, 0.4) is 0 Å². The Bertz CT molecular complexity index is 336. The molecule has 1 aliphatic rings. The molecule has 3 heteroatoms. The fraction of sp³-hybridized carbons (Fsp3) is 0.500. The Balaban J connectivity index is 2.11. The van der Waals surface area contributed by atoms with Gasteiger partial charge in [-0.05, 0) is 37.0 Å². The smallest absolute Gasteiger partial charge is 0.0850 e. The van der Waals surface area contributed by atoms with Gasteiger partial charge in [0.15, 0.2) is 0 Å². The molecular formula is C12H14Cl2O. The maximum atomic E-state index is 10.3. The van der Waals surface area contributed by atoms with Gasteiger partial charge in [0, 0.05) is 11.4 Å². The summed E-state index contributed by atoms with van der Waals surface area (Å²) in [5, 5.41) is 10.9. The van der Waals surface area contributed by atoms with E-state index in [1.54, 1.807) is 0 Å². The summed E-state index contributed by atoms with van der Waals surface area (Å²) < 4.78 is 0. The van der Waals surface area contributed by atoms with Gasteiger partial charge in [-0.15, -0.1) is 11.6 Å². The zero-order chi connectivity index (χ0) is 10.9. The lowest BCUT2D eigenvalue weighted by Crippen LogP contribution is -2.36. The quantitative estimate of drug-likeness (QED) is 0.791. The molecule has 0 amide bonds. The van der Waals surface area contributed by atoms with Crippen LogP contribution in [0.15, 0.2) is 24.3 Å². The van der Waals surface area contributed by atoms with Crippen molar-refractivity contribution in [1.82, 2.24) is 0 Å². The first kappa shape index (κ1) is 11.3. The van der Waals surface area contributed by atoms with Gasteiger partial charge >= 0.3 is 0 Å². The lowest BCUT2D eigenvalue weighted by molar-refractivity contribution is 0.0515. The van der Waals surface area contributed by atoms with Gasteiger partial charge in [0.25, 0.3) is 0 Å². The van der Waals surface area contributed by atoms with Gasteiger partial charge < -0.3 is 5.11 Å². The summed E-state index contributed by atoms with van der Waals surface area (Å²) in [5.41, 5.74) is 0.365. The highest BCUT2D eigenvalue weighted by Gasteiger charge is 2.39. The zero-order valence-electron chi connectivity index (χ0n) is 8.42. The Hall–Kier alpha value is -0.240. The Kier molecular flexibility index (Phi) is 3.24. The predicted molar refractivity (Wildman–Crippen MR) is 63.6 cm³/mol. The molecule has 1 aliphatic carbocycles. The molecule has 1 aromatic rings. The normalized spacial score (nSPS) is 30.7. The van der Waals surface area contributed by atoms with E-state index < -0.39 is 5.60 Å². The van der Waals surface area contributed by atoms with E-state index in [0.717, 1.165) is 29.8 Å². The van der Waals surface area contributed by atoms with E-state index in [9.17, 15) is 5.11 Å². The number of alkyl halides is 1. The van der Waals surface area contributed by atoms with E-state index in [4.69, 9.17) is 23.2 Å². The molecule has 2 atom stereocenters. The molecule has 0 spiro atoms. The maximum Gasteiger partial charge on any atom is 0.0850 e. The number of benzene rings is 1. The van der Waals surface area contributed by atoms with Crippen LogP contribution in [-0.4, -0.2) is 16.1 Å². The summed E-state index contributed by atoms with van der Waals surface area (Å²) in [6.07, 6.45) is 3.34. The molecule has 15 heavy (non-hydrogen) atoms. The molecule has 2 rings (SSSR count). The molecule has 0 aliphatic heterocycles. The monoisotopic (exact) mass is 244 g/mol. The Morgan fingerprint density at radius 3 is 2.53 bits per heavy atom. The predicted octanol–water partition coefficient (Wildman–Crippen LogP) is 3.40. The Morgan fingerprint density at radius 1 is 1.33 bits per heavy atom. The topological polar surface area (TPSA) is 20.2 Å². The molecule has 1 fully saturated rings. The van der Waals surface area contributed by atoms with Crippen molar-refractivity contribution in [1.29, 1.82) is 0 Å². The third-order valence-electron chi connectivity index (χ3n) is 3.07. The highest BCUT2D eigenvalue weighted by Crippen LogP contribution is 2.36. The highest BCUT2D eigenvalue weighted by molar-refractivity contribution is 6.30. The van der Waals surface area contributed by atoms with E-state index in [-0.39, 0.29) is 5.38 Å². The van der Waals surface area contributed by atoms with Crippen molar-refractivity contribution in [3.8, 4) is 0 Å². The third-order valence-corrected chi connectivity index (χ3v) is 3.95. The minimum absolute atomic E-state index is 0.117. The van der Waals surface area contributed by atoms with E-state index in [1.807, 2.05) is 24.3 Å². The Morgan fingerprint density at radius 2 is 2.00 bits per heavy atom. The lowest BCUT2D eigenvalue weighted by Gasteiger charge is -2.26. The van der Waals surface area contributed by atoms with Crippen LogP contribution >= 0.6 is 23.2 Å². The van der Waals surface area contributed by atoms with E-state index >= 15 is 0 Å². The van der Waals surface area contributed by atoms with Gasteiger partial charge in [-0.3, -0.25) is 0 Å². The van der Waals surface area contributed by atoms with Crippen molar-refractivity contribution in [3.63, 3.8) is 0 Å². The fourth-order valence-corrected chi connectivity index (χ4v) is 2.63. The van der Waals surface area contributed by atoms with Gasteiger partial charge in [0.05, 0.1) is 11.0 Å². The van der Waals surface area contributed by atoms with Crippen LogP contribution in [0, 0.1) is 0 Å². The van der Waals surface area contributed by atoms with Crippen LogP contribution in [0.5, 0.6) is 0 Å². The molecule has 0 radical (unpaired) electrons. The minimum atomic E-state index is -0.727. The van der Waals surface area contributed by atoms with Gasteiger partial charge in [-0.2, -0.15) is 0 Å². The number of hydrogen-bond donors (Lipinski definition) is 1. The van der Waals surface area contributed by atoms with Gasteiger partial charge in [0.1, 0.15) is 0 Å². The molecule has 1 aromatic carbocycles. The third kappa shape index (κ3) is 2.47. The van der Waals surface area contributed by atoms with Crippen molar-refractivity contribution in [2.75, 3.05) is 0 Å². The Labute approximate surface area is 100 Å². The van der Waals surface area contributed by atoms with Crippen molar-refractivity contribution in [3.05, 3.63) is 34.9 Å². The molecule has 0 aromatic heterocycles. The van der Waals surface area contributed by atoms with Gasteiger partial charge in [-0.25, -0.2) is 0 Å². The summed E-state index contributed by atoms with van der Waals surface area (Å²) in [5.74, 6) is 0. The maximum absolute atomic E-state index is 10.3. The molecule has 82 valence electrons. The molecule has 0 bridgehead atoms. The summed E-state index contributed by atoms with van der Waals surface area (Å²) in [7, 11) is 0. The van der Waals surface area contributed by atoms with Gasteiger partial charge in [0.2, 0.25) is 0 Å².